The summed E-state index contributed by atoms with van der Waals surface area (Å²) >= 11 is 3.16. The first-order chi connectivity index (χ1) is 12.1. The average Bonchev–Trinajstić information content (AvgIpc) is 3.35. The Hall–Kier alpha value is -2.18. The number of aromatic nitrogens is 3. The zero-order chi connectivity index (χ0) is 17.4. The Morgan fingerprint density at radius 1 is 1.28 bits per heavy atom. The maximum Gasteiger partial charge on any atom is 0.342 e. The van der Waals surface area contributed by atoms with E-state index in [1.54, 1.807) is 24.6 Å². The van der Waals surface area contributed by atoms with Crippen LogP contribution in [0.25, 0.3) is 0 Å². The van der Waals surface area contributed by atoms with Gasteiger partial charge in [-0.05, 0) is 4.92 Å². The maximum absolute atomic E-state index is 11.0. The molecule has 2 aliphatic rings. The van der Waals surface area contributed by atoms with Crippen LogP contribution < -0.4 is 4.90 Å². The van der Waals surface area contributed by atoms with E-state index in [1.165, 1.54) is 22.7 Å². The van der Waals surface area contributed by atoms with Crippen LogP contribution in [0.3, 0.4) is 0 Å². The number of hydrazine groups is 1. The van der Waals surface area contributed by atoms with E-state index in [0.717, 1.165) is 31.3 Å². The molecule has 0 bridgehead atoms. The molecule has 0 N–H and O–H groups in total. The Labute approximate surface area is 152 Å². The van der Waals surface area contributed by atoms with Crippen LogP contribution in [0.4, 0.5) is 10.9 Å². The molecule has 1 saturated heterocycles. The molecule has 4 heterocycles. The summed E-state index contributed by atoms with van der Waals surface area (Å²) in [7, 11) is 1.66. The second-order valence-corrected chi connectivity index (χ2v) is 7.51. The molecule has 0 amide bonds. The van der Waals surface area contributed by atoms with E-state index in [-0.39, 0.29) is 11.1 Å². The highest BCUT2D eigenvalue weighted by Gasteiger charge is 2.33. The zero-order valence-corrected chi connectivity index (χ0v) is 15.1. The summed E-state index contributed by atoms with van der Waals surface area (Å²) in [6.45, 7) is 3.46. The summed E-state index contributed by atoms with van der Waals surface area (Å²) in [6.07, 6.45) is 4.90. The first-order valence-electron chi connectivity index (χ1n) is 7.70. The highest BCUT2D eigenvalue weighted by molar-refractivity contribution is 7.98. The fraction of sp³-hybridized carbons (Fsp3) is 0.462. The molecule has 25 heavy (non-hydrogen) atoms. The lowest BCUT2D eigenvalue weighted by atomic mass is 10.4. The molecule has 2 aliphatic heterocycles. The number of imidazole rings is 1. The third-order valence-electron chi connectivity index (χ3n) is 4.14. The topological polar surface area (TPSA) is 95.9 Å². The highest BCUT2D eigenvalue weighted by Crippen LogP contribution is 2.37. The number of hydrogen-bond acceptors (Lipinski definition) is 10. The van der Waals surface area contributed by atoms with E-state index in [9.17, 15) is 10.1 Å². The standard InChI is InChI=1S/C13H16N8O2S2/c1-17-11(20(22)23)9-15-12(17)10-8-16-21(25-10)19-5-3-18(4-6-19)13-14-2-7-24-13/h2,7-10H,3-6H2,1H3. The number of nitrogens with zero attached hydrogens (tertiary/aromatic N) is 8. The van der Waals surface area contributed by atoms with Crippen LogP contribution in [0.1, 0.15) is 11.1 Å². The van der Waals surface area contributed by atoms with Crippen molar-refractivity contribution in [2.45, 2.75) is 5.25 Å². The highest BCUT2D eigenvalue weighted by atomic mass is 32.2. The monoisotopic (exact) mass is 380 g/mol. The molecule has 2 aromatic rings. The molecule has 0 saturated carbocycles. The summed E-state index contributed by atoms with van der Waals surface area (Å²) in [5.41, 5.74) is 0. The Balaban J connectivity index is 1.37. The van der Waals surface area contributed by atoms with Gasteiger partial charge in [0, 0.05) is 49.7 Å². The minimum absolute atomic E-state index is 0.0143. The van der Waals surface area contributed by atoms with E-state index in [0.29, 0.717) is 5.82 Å². The average molecular weight is 380 g/mol. The van der Waals surface area contributed by atoms with Crippen LogP contribution in [-0.4, -0.2) is 61.4 Å². The van der Waals surface area contributed by atoms with Crippen LogP contribution >= 0.6 is 23.3 Å². The molecular formula is C13H16N8O2S2. The lowest BCUT2D eigenvalue weighted by molar-refractivity contribution is -0.391. The molecule has 0 spiro atoms. The molecule has 12 heteroatoms. The third kappa shape index (κ3) is 3.07. The summed E-state index contributed by atoms with van der Waals surface area (Å²) in [5.74, 6) is 0.615. The Morgan fingerprint density at radius 3 is 2.72 bits per heavy atom. The Kier molecular flexibility index (Phi) is 4.31. The minimum atomic E-state index is -0.428. The molecule has 4 rings (SSSR count). The third-order valence-corrected chi connectivity index (χ3v) is 6.04. The fourth-order valence-corrected chi connectivity index (χ4v) is 4.53. The molecule has 0 aliphatic carbocycles. The number of rotatable bonds is 4. The predicted molar refractivity (Wildman–Crippen MR) is 96.4 cm³/mol. The van der Waals surface area contributed by atoms with E-state index >= 15 is 0 Å². The van der Waals surface area contributed by atoms with Gasteiger partial charge < -0.3 is 15.0 Å². The van der Waals surface area contributed by atoms with Gasteiger partial charge in [0.2, 0.25) is 5.82 Å². The molecule has 132 valence electrons. The van der Waals surface area contributed by atoms with Crippen molar-refractivity contribution in [1.82, 2.24) is 24.1 Å². The Bertz CT molecular complexity index is 784. The van der Waals surface area contributed by atoms with Crippen molar-refractivity contribution in [1.29, 1.82) is 0 Å². The van der Waals surface area contributed by atoms with Crippen molar-refractivity contribution in [3.8, 4) is 0 Å². The van der Waals surface area contributed by atoms with E-state index < -0.39 is 4.92 Å². The van der Waals surface area contributed by atoms with Gasteiger partial charge >= 0.3 is 5.82 Å². The van der Waals surface area contributed by atoms with Crippen LogP contribution in [0.15, 0.2) is 22.9 Å². The molecule has 0 radical (unpaired) electrons. The van der Waals surface area contributed by atoms with Crippen LogP contribution in [0.5, 0.6) is 0 Å². The fourth-order valence-electron chi connectivity index (χ4n) is 2.81. The van der Waals surface area contributed by atoms with E-state index in [4.69, 9.17) is 0 Å². The molecule has 1 atom stereocenters. The number of hydrogen-bond donors (Lipinski definition) is 0. The quantitative estimate of drug-likeness (QED) is 0.447. The number of hydrazone groups is 1. The van der Waals surface area contributed by atoms with Gasteiger partial charge in [0.05, 0.1) is 13.3 Å². The van der Waals surface area contributed by atoms with Gasteiger partial charge in [-0.2, -0.15) is 14.6 Å². The minimum Gasteiger partial charge on any atom is -0.358 e. The lowest BCUT2D eigenvalue weighted by Crippen LogP contribution is -2.49. The van der Waals surface area contributed by atoms with Crippen molar-refractivity contribution in [2.75, 3.05) is 31.1 Å². The molecule has 1 unspecified atom stereocenters. The largest absolute Gasteiger partial charge is 0.358 e. The van der Waals surface area contributed by atoms with Gasteiger partial charge in [0.15, 0.2) is 5.13 Å². The Morgan fingerprint density at radius 2 is 2.08 bits per heavy atom. The number of nitro groups is 1. The molecule has 0 aromatic carbocycles. The van der Waals surface area contributed by atoms with Crippen molar-refractivity contribution >= 4 is 40.4 Å². The van der Waals surface area contributed by atoms with Crippen molar-refractivity contribution in [3.63, 3.8) is 0 Å². The van der Waals surface area contributed by atoms with Crippen LogP contribution in [0.2, 0.25) is 0 Å². The summed E-state index contributed by atoms with van der Waals surface area (Å²) in [6, 6.07) is 0. The molecule has 1 fully saturated rings. The van der Waals surface area contributed by atoms with E-state index in [1.807, 2.05) is 16.1 Å². The SMILES string of the molecule is Cn1c([N+](=O)[O-])cnc1C1C=NN(N2CCN(c3nccs3)CC2)S1. The van der Waals surface area contributed by atoms with Gasteiger partial charge in [-0.15, -0.1) is 11.3 Å². The number of anilines is 1. The van der Waals surface area contributed by atoms with Gasteiger partial charge in [-0.3, -0.25) is 0 Å². The normalized spacial score (nSPS) is 21.2. The van der Waals surface area contributed by atoms with Gasteiger partial charge in [0.1, 0.15) is 11.4 Å². The molecular weight excluding hydrogens is 364 g/mol. The molecule has 2 aromatic heterocycles. The van der Waals surface area contributed by atoms with Crippen LogP contribution in [-0.2, 0) is 7.05 Å². The van der Waals surface area contributed by atoms with Gasteiger partial charge in [-0.1, -0.05) is 0 Å². The summed E-state index contributed by atoms with van der Waals surface area (Å²) < 4.78 is 3.37. The second-order valence-electron chi connectivity index (χ2n) is 5.59. The van der Waals surface area contributed by atoms with E-state index in [2.05, 4.69) is 25.0 Å². The van der Waals surface area contributed by atoms with Crippen molar-refractivity contribution in [2.24, 2.45) is 12.1 Å². The first-order valence-corrected chi connectivity index (χ1v) is 9.41. The first kappa shape index (κ1) is 16.3. The summed E-state index contributed by atoms with van der Waals surface area (Å²) in [4.78, 5) is 21.4. The maximum atomic E-state index is 11.0. The van der Waals surface area contributed by atoms with Crippen LogP contribution in [0, 0.1) is 10.1 Å². The van der Waals surface area contributed by atoms with Gasteiger partial charge in [-0.25, -0.2) is 14.5 Å². The van der Waals surface area contributed by atoms with Crippen molar-refractivity contribution in [3.05, 3.63) is 33.7 Å². The number of thiazole rings is 1. The lowest BCUT2D eigenvalue weighted by Gasteiger charge is -2.37. The smallest absolute Gasteiger partial charge is 0.342 e. The van der Waals surface area contributed by atoms with Crippen molar-refractivity contribution < 1.29 is 4.92 Å². The second kappa shape index (κ2) is 6.61. The molecule has 10 nitrogen and oxygen atoms in total. The predicted octanol–water partition coefficient (Wildman–Crippen LogP) is 1.51. The summed E-state index contributed by atoms with van der Waals surface area (Å²) in [5, 5.41) is 20.5. The van der Waals surface area contributed by atoms with Gasteiger partial charge in [0.25, 0.3) is 0 Å². The number of piperazine rings is 1. The zero-order valence-electron chi connectivity index (χ0n) is 13.4.